The van der Waals surface area contributed by atoms with Crippen molar-refractivity contribution in [3.8, 4) is 0 Å². The Balaban J connectivity index is 1.64. The number of nitrogens with two attached hydrogens (primary N) is 1. The summed E-state index contributed by atoms with van der Waals surface area (Å²) in [6, 6.07) is 21.7. The lowest BCUT2D eigenvalue weighted by Crippen LogP contribution is -2.33. The molecule has 0 spiro atoms. The van der Waals surface area contributed by atoms with Crippen LogP contribution in [0.1, 0.15) is 24.4 Å². The highest BCUT2D eigenvalue weighted by atomic mass is 16.2. The van der Waals surface area contributed by atoms with Crippen LogP contribution < -0.4 is 16.6 Å². The van der Waals surface area contributed by atoms with Crippen molar-refractivity contribution in [1.29, 1.82) is 0 Å². The molecule has 1 atom stereocenters. The van der Waals surface area contributed by atoms with E-state index in [1.54, 1.807) is 18.2 Å². The molecule has 4 rings (SSSR count). The summed E-state index contributed by atoms with van der Waals surface area (Å²) in [5.74, 6) is -0.0897. The average molecular weight is 386 g/mol. The minimum Gasteiger partial charge on any atom is -0.368 e. The normalized spacial score (nSPS) is 12.3. The maximum Gasteiger partial charge on any atom is 0.261 e. The van der Waals surface area contributed by atoms with E-state index in [1.807, 2.05) is 18.2 Å². The predicted molar refractivity (Wildman–Crippen MR) is 114 cm³/mol. The molecule has 0 saturated carbocycles. The van der Waals surface area contributed by atoms with E-state index in [4.69, 9.17) is 5.73 Å². The molecule has 6 nitrogen and oxygen atoms in total. The second kappa shape index (κ2) is 7.85. The van der Waals surface area contributed by atoms with Crippen molar-refractivity contribution in [2.45, 2.75) is 26.1 Å². The monoisotopic (exact) mass is 386 g/mol. The van der Waals surface area contributed by atoms with Crippen LogP contribution in [0.5, 0.6) is 0 Å². The van der Waals surface area contributed by atoms with E-state index < -0.39 is 5.91 Å². The van der Waals surface area contributed by atoms with Gasteiger partial charge < -0.3 is 11.1 Å². The van der Waals surface area contributed by atoms with Crippen molar-refractivity contribution in [3.05, 3.63) is 88.5 Å². The molecule has 29 heavy (non-hydrogen) atoms. The van der Waals surface area contributed by atoms with E-state index in [0.29, 0.717) is 23.3 Å². The number of fused-ring (bicyclic) bond motifs is 2. The largest absolute Gasteiger partial charge is 0.368 e. The van der Waals surface area contributed by atoms with Crippen LogP contribution in [-0.2, 0) is 17.9 Å². The Morgan fingerprint density at radius 2 is 1.79 bits per heavy atom. The molecule has 1 aromatic heterocycles. The van der Waals surface area contributed by atoms with E-state index >= 15 is 0 Å². The maximum atomic E-state index is 12.8. The van der Waals surface area contributed by atoms with Gasteiger partial charge in [-0.25, -0.2) is 4.98 Å². The maximum absolute atomic E-state index is 12.8. The minimum atomic E-state index is -0.576. The zero-order chi connectivity index (χ0) is 20.4. The Morgan fingerprint density at radius 1 is 1.07 bits per heavy atom. The Hall–Kier alpha value is -3.51. The van der Waals surface area contributed by atoms with Crippen LogP contribution in [-0.4, -0.2) is 15.5 Å². The van der Waals surface area contributed by atoms with Crippen LogP contribution in [0.3, 0.4) is 0 Å². The Bertz CT molecular complexity index is 1260. The summed E-state index contributed by atoms with van der Waals surface area (Å²) in [4.78, 5) is 28.9. The number of hydrogen-bond donors (Lipinski definition) is 2. The van der Waals surface area contributed by atoms with Crippen molar-refractivity contribution in [2.24, 2.45) is 5.73 Å². The molecule has 0 bridgehead atoms. The number of rotatable bonds is 6. The lowest BCUT2D eigenvalue weighted by Gasteiger charge is -2.17. The van der Waals surface area contributed by atoms with Crippen molar-refractivity contribution in [3.63, 3.8) is 0 Å². The number of hydrogen-bond acceptors (Lipinski definition) is 4. The second-order valence-corrected chi connectivity index (χ2v) is 7.11. The van der Waals surface area contributed by atoms with Gasteiger partial charge in [0.1, 0.15) is 12.4 Å². The minimum absolute atomic E-state index is 0.0324. The Labute approximate surface area is 168 Å². The quantitative estimate of drug-likeness (QED) is 0.533. The molecule has 0 aliphatic heterocycles. The topological polar surface area (TPSA) is 90.0 Å². The molecule has 0 saturated heterocycles. The van der Waals surface area contributed by atoms with Crippen molar-refractivity contribution >= 4 is 27.6 Å². The van der Waals surface area contributed by atoms with Crippen LogP contribution in [0.25, 0.3) is 21.7 Å². The molecule has 0 fully saturated rings. The van der Waals surface area contributed by atoms with E-state index in [9.17, 15) is 9.59 Å². The zero-order valence-corrected chi connectivity index (χ0v) is 16.1. The van der Waals surface area contributed by atoms with E-state index in [0.717, 1.165) is 5.56 Å². The lowest BCUT2D eigenvalue weighted by atomic mass is 10.0. The van der Waals surface area contributed by atoms with Crippen LogP contribution in [0.15, 0.2) is 71.5 Å². The van der Waals surface area contributed by atoms with E-state index in [1.165, 1.54) is 15.3 Å². The van der Waals surface area contributed by atoms with Gasteiger partial charge in [-0.15, -0.1) is 0 Å². The summed E-state index contributed by atoms with van der Waals surface area (Å²) in [6.07, 6.45) is 0. The van der Waals surface area contributed by atoms with Gasteiger partial charge in [-0.2, -0.15) is 0 Å². The Morgan fingerprint density at radius 3 is 2.59 bits per heavy atom. The Kier molecular flexibility index (Phi) is 5.10. The first-order chi connectivity index (χ1) is 14.0. The third-order valence-electron chi connectivity index (χ3n) is 5.09. The lowest BCUT2D eigenvalue weighted by molar-refractivity contribution is -0.118. The summed E-state index contributed by atoms with van der Waals surface area (Å²) < 4.78 is 1.35. The van der Waals surface area contributed by atoms with Crippen LogP contribution >= 0.6 is 0 Å². The molecule has 146 valence electrons. The molecule has 4 aromatic rings. The molecular weight excluding hydrogens is 364 g/mol. The average Bonchev–Trinajstić information content (AvgIpc) is 2.73. The standard InChI is InChI=1S/C23H22N4O2/c1-15(17-11-10-16-6-2-3-7-18(16)12-17)25-13-22-26-20-9-5-4-8-19(20)23(29)27(22)14-21(24)28/h2-12,15,25H,13-14H2,1H3,(H2,24,28). The van der Waals surface area contributed by atoms with Gasteiger partial charge in [0.05, 0.1) is 17.4 Å². The molecule has 3 aromatic carbocycles. The van der Waals surface area contributed by atoms with Gasteiger partial charge in [0.15, 0.2) is 0 Å². The number of para-hydroxylation sites is 1. The number of carbonyl (C=O) groups excluding carboxylic acids is 1. The number of primary amides is 1. The summed E-state index contributed by atoms with van der Waals surface area (Å²) in [5, 5.41) is 6.25. The van der Waals surface area contributed by atoms with Gasteiger partial charge in [-0.1, -0.05) is 48.5 Å². The van der Waals surface area contributed by atoms with Gasteiger partial charge in [0.2, 0.25) is 5.91 Å². The van der Waals surface area contributed by atoms with E-state index in [-0.39, 0.29) is 18.1 Å². The van der Waals surface area contributed by atoms with Crippen LogP contribution in [0.4, 0.5) is 0 Å². The van der Waals surface area contributed by atoms with Gasteiger partial charge in [0.25, 0.3) is 5.56 Å². The van der Waals surface area contributed by atoms with Crippen molar-refractivity contribution in [2.75, 3.05) is 0 Å². The fourth-order valence-electron chi connectivity index (χ4n) is 3.51. The number of nitrogens with zero attached hydrogens (tertiary/aromatic N) is 2. The molecule has 0 aliphatic rings. The third-order valence-corrected chi connectivity index (χ3v) is 5.09. The van der Waals surface area contributed by atoms with Crippen LogP contribution in [0.2, 0.25) is 0 Å². The van der Waals surface area contributed by atoms with Crippen molar-refractivity contribution in [1.82, 2.24) is 14.9 Å². The zero-order valence-electron chi connectivity index (χ0n) is 16.1. The highest BCUT2D eigenvalue weighted by molar-refractivity contribution is 5.83. The second-order valence-electron chi connectivity index (χ2n) is 7.11. The van der Waals surface area contributed by atoms with Gasteiger partial charge in [0, 0.05) is 6.04 Å². The number of aromatic nitrogens is 2. The number of nitrogens with one attached hydrogen (secondary N) is 1. The molecule has 0 aliphatic carbocycles. The number of benzene rings is 3. The van der Waals surface area contributed by atoms with Crippen LogP contribution in [0, 0.1) is 0 Å². The van der Waals surface area contributed by atoms with Crippen molar-refractivity contribution < 1.29 is 4.79 Å². The molecule has 1 heterocycles. The fraction of sp³-hybridized carbons (Fsp3) is 0.174. The molecule has 1 amide bonds. The summed E-state index contributed by atoms with van der Waals surface area (Å²) in [6.45, 7) is 2.20. The predicted octanol–water partition coefficient (Wildman–Crippen LogP) is 2.89. The smallest absolute Gasteiger partial charge is 0.261 e. The number of carbonyl (C=O) groups is 1. The summed E-state index contributed by atoms with van der Waals surface area (Å²) in [7, 11) is 0. The molecule has 1 unspecified atom stereocenters. The van der Waals surface area contributed by atoms with Gasteiger partial charge in [-0.3, -0.25) is 14.2 Å². The third kappa shape index (κ3) is 3.88. The summed E-state index contributed by atoms with van der Waals surface area (Å²) in [5.41, 5.74) is 6.84. The molecule has 0 radical (unpaired) electrons. The number of amides is 1. The summed E-state index contributed by atoms with van der Waals surface area (Å²) >= 11 is 0. The fourth-order valence-corrected chi connectivity index (χ4v) is 3.51. The highest BCUT2D eigenvalue weighted by Crippen LogP contribution is 2.20. The first kappa shape index (κ1) is 18.8. The first-order valence-corrected chi connectivity index (χ1v) is 9.52. The van der Waals surface area contributed by atoms with Gasteiger partial charge >= 0.3 is 0 Å². The molecule has 3 N–H and O–H groups in total. The SMILES string of the molecule is CC(NCc1nc2ccccc2c(=O)n1CC(N)=O)c1ccc2ccccc2c1. The first-order valence-electron chi connectivity index (χ1n) is 9.52. The van der Waals surface area contributed by atoms with E-state index in [2.05, 4.69) is 47.6 Å². The van der Waals surface area contributed by atoms with Gasteiger partial charge in [-0.05, 0) is 41.5 Å². The highest BCUT2D eigenvalue weighted by Gasteiger charge is 2.14. The molecule has 6 heteroatoms. The molecular formula is C23H22N4O2.